The van der Waals surface area contributed by atoms with E-state index in [0.717, 1.165) is 13.1 Å². The zero-order valence-electron chi connectivity index (χ0n) is 11.1. The summed E-state index contributed by atoms with van der Waals surface area (Å²) < 4.78 is 41.3. The van der Waals surface area contributed by atoms with Gasteiger partial charge in [0, 0.05) is 19.6 Å². The minimum absolute atomic E-state index is 0.0448. The molecule has 2 atom stereocenters. The highest BCUT2D eigenvalue weighted by atomic mass is 19.4. The molecular weight excluding hydrogens is 263 g/mol. The molecule has 0 bridgehead atoms. The summed E-state index contributed by atoms with van der Waals surface area (Å²) >= 11 is 0. The van der Waals surface area contributed by atoms with Crippen molar-refractivity contribution in [3.63, 3.8) is 0 Å². The van der Waals surface area contributed by atoms with Crippen molar-refractivity contribution in [1.82, 2.24) is 15.5 Å². The maximum Gasteiger partial charge on any atom is 0.405 e. The van der Waals surface area contributed by atoms with Crippen molar-refractivity contribution in [3.8, 4) is 0 Å². The summed E-state index contributed by atoms with van der Waals surface area (Å²) in [5.74, 6) is -0.665. The summed E-state index contributed by atoms with van der Waals surface area (Å²) in [6.07, 6.45) is -4.43. The van der Waals surface area contributed by atoms with Gasteiger partial charge in [0.1, 0.15) is 6.54 Å². The predicted molar refractivity (Wildman–Crippen MR) is 63.8 cm³/mol. The van der Waals surface area contributed by atoms with Crippen LogP contribution in [0, 0.1) is 0 Å². The summed E-state index contributed by atoms with van der Waals surface area (Å²) in [6, 6.07) is -0.682. The number of alkyl halides is 3. The lowest BCUT2D eigenvalue weighted by Gasteiger charge is -2.30. The normalized spacial score (nSPS) is 23.1. The third-order valence-electron chi connectivity index (χ3n) is 2.85. The average Bonchev–Trinajstić information content (AvgIpc) is 2.32. The first-order chi connectivity index (χ1) is 8.78. The van der Waals surface area contributed by atoms with Gasteiger partial charge in [-0.3, -0.25) is 4.79 Å². The van der Waals surface area contributed by atoms with Gasteiger partial charge in [-0.05, 0) is 14.0 Å². The van der Waals surface area contributed by atoms with Crippen molar-refractivity contribution >= 4 is 5.91 Å². The molecule has 2 N–H and O–H groups in total. The molecule has 1 fully saturated rings. The van der Waals surface area contributed by atoms with Gasteiger partial charge in [0.25, 0.3) is 0 Å². The number of rotatable bonds is 5. The molecule has 0 unspecified atom stereocenters. The van der Waals surface area contributed by atoms with E-state index in [2.05, 4.69) is 10.2 Å². The standard InChI is InChI=1S/C11H20F3N3O2/c1-8(10(18)16-7-11(12,13)14)15-5-9-6-17(2)3-4-19-9/h8-9,15H,3-7H2,1-2H3,(H,16,18)/t8-,9+/m1/s1. The fraction of sp³-hybridized carbons (Fsp3) is 0.909. The van der Waals surface area contributed by atoms with E-state index < -0.39 is 24.7 Å². The predicted octanol–water partition coefficient (Wildman–Crippen LogP) is -0.0264. The number of morpholine rings is 1. The van der Waals surface area contributed by atoms with Gasteiger partial charge in [0.05, 0.1) is 18.8 Å². The van der Waals surface area contributed by atoms with Crippen LogP contribution in [0.1, 0.15) is 6.92 Å². The molecule has 112 valence electrons. The summed E-state index contributed by atoms with van der Waals surface area (Å²) in [5.41, 5.74) is 0. The number of hydrogen-bond donors (Lipinski definition) is 2. The number of likely N-dealkylation sites (N-methyl/N-ethyl adjacent to an activating group) is 1. The number of hydrogen-bond acceptors (Lipinski definition) is 4. The van der Waals surface area contributed by atoms with Crippen molar-refractivity contribution in [2.45, 2.75) is 25.2 Å². The van der Waals surface area contributed by atoms with Crippen LogP contribution in [0.5, 0.6) is 0 Å². The minimum atomic E-state index is -4.38. The first-order valence-corrected chi connectivity index (χ1v) is 6.16. The van der Waals surface area contributed by atoms with E-state index in [1.165, 1.54) is 6.92 Å². The number of nitrogens with one attached hydrogen (secondary N) is 2. The van der Waals surface area contributed by atoms with E-state index in [9.17, 15) is 18.0 Å². The molecule has 8 heteroatoms. The summed E-state index contributed by atoms with van der Waals surface area (Å²) in [4.78, 5) is 13.5. The quantitative estimate of drug-likeness (QED) is 0.744. The Kier molecular flexibility index (Phi) is 6.02. The van der Waals surface area contributed by atoms with Gasteiger partial charge in [-0.25, -0.2) is 0 Å². The molecule has 5 nitrogen and oxygen atoms in total. The van der Waals surface area contributed by atoms with E-state index in [1.807, 2.05) is 12.4 Å². The Morgan fingerprint density at radius 2 is 2.21 bits per heavy atom. The first-order valence-electron chi connectivity index (χ1n) is 6.16. The fourth-order valence-electron chi connectivity index (χ4n) is 1.73. The zero-order chi connectivity index (χ0) is 14.5. The van der Waals surface area contributed by atoms with Gasteiger partial charge < -0.3 is 20.3 Å². The van der Waals surface area contributed by atoms with Crippen LogP contribution < -0.4 is 10.6 Å². The molecule has 0 radical (unpaired) electrons. The number of nitrogens with zero attached hydrogens (tertiary/aromatic N) is 1. The van der Waals surface area contributed by atoms with E-state index in [1.54, 1.807) is 0 Å². The van der Waals surface area contributed by atoms with Crippen molar-refractivity contribution in [2.24, 2.45) is 0 Å². The van der Waals surface area contributed by atoms with Gasteiger partial charge in [0.15, 0.2) is 0 Å². The summed E-state index contributed by atoms with van der Waals surface area (Å²) in [6.45, 7) is 2.88. The Morgan fingerprint density at radius 1 is 1.53 bits per heavy atom. The maximum absolute atomic E-state index is 11.9. The van der Waals surface area contributed by atoms with E-state index in [-0.39, 0.29) is 6.10 Å². The van der Waals surface area contributed by atoms with E-state index >= 15 is 0 Å². The lowest BCUT2D eigenvalue weighted by molar-refractivity contribution is -0.139. The Morgan fingerprint density at radius 3 is 2.79 bits per heavy atom. The molecule has 0 aromatic heterocycles. The van der Waals surface area contributed by atoms with Crippen molar-refractivity contribution in [3.05, 3.63) is 0 Å². The second kappa shape index (κ2) is 7.06. The number of amides is 1. The SMILES string of the molecule is C[C@@H](NC[C@H]1CN(C)CCO1)C(=O)NCC(F)(F)F. The molecule has 1 amide bonds. The lowest BCUT2D eigenvalue weighted by atomic mass is 10.2. The molecular formula is C11H20F3N3O2. The molecule has 1 aliphatic rings. The monoisotopic (exact) mass is 283 g/mol. The lowest BCUT2D eigenvalue weighted by Crippen LogP contribution is -2.50. The largest absolute Gasteiger partial charge is 0.405 e. The highest BCUT2D eigenvalue weighted by Gasteiger charge is 2.28. The fourth-order valence-corrected chi connectivity index (χ4v) is 1.73. The smallest absolute Gasteiger partial charge is 0.374 e. The number of carbonyl (C=O) groups is 1. The number of halogens is 3. The van der Waals surface area contributed by atoms with Crippen molar-refractivity contribution < 1.29 is 22.7 Å². The molecule has 1 aliphatic heterocycles. The highest BCUT2D eigenvalue weighted by molar-refractivity contribution is 5.81. The first kappa shape index (κ1) is 16.2. The second-order valence-corrected chi connectivity index (χ2v) is 4.72. The van der Waals surface area contributed by atoms with Gasteiger partial charge in [-0.15, -0.1) is 0 Å². The Bertz CT molecular complexity index is 299. The zero-order valence-corrected chi connectivity index (χ0v) is 11.1. The van der Waals surface area contributed by atoms with Gasteiger partial charge in [-0.1, -0.05) is 0 Å². The summed E-state index contributed by atoms with van der Waals surface area (Å²) in [7, 11) is 1.97. The van der Waals surface area contributed by atoms with Crippen LogP contribution in [0.4, 0.5) is 13.2 Å². The van der Waals surface area contributed by atoms with Crippen LogP contribution >= 0.6 is 0 Å². The minimum Gasteiger partial charge on any atom is -0.374 e. The van der Waals surface area contributed by atoms with Crippen LogP contribution in [-0.4, -0.2) is 69.0 Å². The van der Waals surface area contributed by atoms with Crippen molar-refractivity contribution in [2.75, 3.05) is 39.8 Å². The molecule has 0 spiro atoms. The van der Waals surface area contributed by atoms with Crippen molar-refractivity contribution in [1.29, 1.82) is 0 Å². The van der Waals surface area contributed by atoms with Crippen LogP contribution in [-0.2, 0) is 9.53 Å². The number of carbonyl (C=O) groups excluding carboxylic acids is 1. The van der Waals surface area contributed by atoms with Crippen LogP contribution in [0.25, 0.3) is 0 Å². The average molecular weight is 283 g/mol. The third kappa shape index (κ3) is 6.74. The van der Waals surface area contributed by atoms with Gasteiger partial charge in [-0.2, -0.15) is 13.2 Å². The maximum atomic E-state index is 11.9. The summed E-state index contributed by atoms with van der Waals surface area (Å²) in [5, 5.41) is 4.72. The molecule has 1 heterocycles. The Balaban J connectivity index is 2.22. The highest BCUT2D eigenvalue weighted by Crippen LogP contribution is 2.12. The van der Waals surface area contributed by atoms with Crippen LogP contribution in [0.3, 0.4) is 0 Å². The van der Waals surface area contributed by atoms with E-state index in [0.29, 0.717) is 13.2 Å². The topological polar surface area (TPSA) is 53.6 Å². The van der Waals surface area contributed by atoms with Crippen LogP contribution in [0.2, 0.25) is 0 Å². The van der Waals surface area contributed by atoms with Gasteiger partial charge in [0.2, 0.25) is 5.91 Å². The molecule has 1 rings (SSSR count). The van der Waals surface area contributed by atoms with E-state index in [4.69, 9.17) is 4.74 Å². The number of ether oxygens (including phenoxy) is 1. The Labute approximate surface area is 110 Å². The second-order valence-electron chi connectivity index (χ2n) is 4.72. The third-order valence-corrected chi connectivity index (χ3v) is 2.85. The molecule has 0 saturated carbocycles. The molecule has 19 heavy (non-hydrogen) atoms. The van der Waals surface area contributed by atoms with Gasteiger partial charge >= 0.3 is 6.18 Å². The molecule has 1 saturated heterocycles. The van der Waals surface area contributed by atoms with Crippen LogP contribution in [0.15, 0.2) is 0 Å². The molecule has 0 aliphatic carbocycles. The Hall–Kier alpha value is -0.860. The molecule has 0 aromatic rings. The molecule has 0 aromatic carbocycles.